The largest absolute Gasteiger partial charge is 0.416 e. The van der Waals surface area contributed by atoms with Gasteiger partial charge in [-0.15, -0.1) is 0 Å². The Morgan fingerprint density at radius 2 is 1.96 bits per heavy atom. The summed E-state index contributed by atoms with van der Waals surface area (Å²) in [7, 11) is -2.93. The van der Waals surface area contributed by atoms with Crippen molar-refractivity contribution in [2.45, 2.75) is 37.8 Å². The standard InChI is InChI=1S/C15H20F3NO4S/c1-4-11(7-8-23-3)14(20)19-24(21,22)12-6-5-10(2)13(9-12)15(16,17)18/h5-6,9,11H,4,7-8H2,1-3H3,(H,19,20). The van der Waals surface area contributed by atoms with Crippen LogP contribution in [0.25, 0.3) is 0 Å². The molecular weight excluding hydrogens is 347 g/mol. The van der Waals surface area contributed by atoms with Crippen molar-refractivity contribution in [3.05, 3.63) is 29.3 Å². The molecule has 0 spiro atoms. The summed E-state index contributed by atoms with van der Waals surface area (Å²) in [6.45, 7) is 3.21. The fraction of sp³-hybridized carbons (Fsp3) is 0.533. The molecule has 1 aromatic rings. The molecule has 24 heavy (non-hydrogen) atoms. The van der Waals surface area contributed by atoms with Gasteiger partial charge in [-0.05, 0) is 37.5 Å². The number of ether oxygens (including phenoxy) is 1. The van der Waals surface area contributed by atoms with Gasteiger partial charge in [-0.3, -0.25) is 4.79 Å². The van der Waals surface area contributed by atoms with Crippen molar-refractivity contribution in [3.63, 3.8) is 0 Å². The fourth-order valence-corrected chi connectivity index (χ4v) is 3.20. The average Bonchev–Trinajstić information content (AvgIpc) is 2.46. The second kappa shape index (κ2) is 7.98. The lowest BCUT2D eigenvalue weighted by Crippen LogP contribution is -2.36. The van der Waals surface area contributed by atoms with Crippen LogP contribution in [0, 0.1) is 12.8 Å². The van der Waals surface area contributed by atoms with E-state index >= 15 is 0 Å². The van der Waals surface area contributed by atoms with Crippen LogP contribution in [-0.2, 0) is 25.7 Å². The number of rotatable bonds is 7. The Balaban J connectivity index is 3.06. The van der Waals surface area contributed by atoms with Gasteiger partial charge in [0.25, 0.3) is 10.0 Å². The number of halogens is 3. The van der Waals surface area contributed by atoms with E-state index in [2.05, 4.69) is 0 Å². The maximum absolute atomic E-state index is 12.9. The molecule has 1 rings (SSSR count). The van der Waals surface area contributed by atoms with E-state index < -0.39 is 38.5 Å². The number of sulfonamides is 1. The first-order valence-electron chi connectivity index (χ1n) is 7.26. The number of carbonyl (C=O) groups excluding carboxylic acids is 1. The van der Waals surface area contributed by atoms with Gasteiger partial charge in [-0.25, -0.2) is 13.1 Å². The maximum atomic E-state index is 12.9. The van der Waals surface area contributed by atoms with E-state index in [0.717, 1.165) is 12.1 Å². The number of nitrogens with one attached hydrogen (secondary N) is 1. The lowest BCUT2D eigenvalue weighted by atomic mass is 10.0. The number of benzene rings is 1. The highest BCUT2D eigenvalue weighted by molar-refractivity contribution is 7.90. The maximum Gasteiger partial charge on any atom is 0.416 e. The molecule has 0 aliphatic heterocycles. The first kappa shape index (κ1) is 20.4. The van der Waals surface area contributed by atoms with Gasteiger partial charge in [-0.1, -0.05) is 13.0 Å². The van der Waals surface area contributed by atoms with Crippen LogP contribution in [0.1, 0.15) is 30.9 Å². The zero-order chi connectivity index (χ0) is 18.5. The van der Waals surface area contributed by atoms with Crippen LogP contribution < -0.4 is 4.72 Å². The average molecular weight is 367 g/mol. The third-order valence-electron chi connectivity index (χ3n) is 3.59. The number of carbonyl (C=O) groups is 1. The molecule has 5 nitrogen and oxygen atoms in total. The van der Waals surface area contributed by atoms with E-state index in [1.165, 1.54) is 14.0 Å². The second-order valence-corrected chi connectivity index (χ2v) is 7.01. The quantitative estimate of drug-likeness (QED) is 0.804. The van der Waals surface area contributed by atoms with Crippen LogP contribution in [0.5, 0.6) is 0 Å². The third kappa shape index (κ3) is 5.20. The van der Waals surface area contributed by atoms with Crippen LogP contribution in [0.3, 0.4) is 0 Å². The lowest BCUT2D eigenvalue weighted by Gasteiger charge is -2.16. The molecule has 0 aliphatic rings. The molecule has 0 aromatic heterocycles. The van der Waals surface area contributed by atoms with E-state index in [0.29, 0.717) is 18.9 Å². The van der Waals surface area contributed by atoms with E-state index in [4.69, 9.17) is 4.74 Å². The molecular formula is C15H20F3NO4S. The number of methoxy groups -OCH3 is 1. The van der Waals surface area contributed by atoms with Gasteiger partial charge in [0.2, 0.25) is 5.91 Å². The molecule has 1 N–H and O–H groups in total. The Morgan fingerprint density at radius 3 is 2.46 bits per heavy atom. The fourth-order valence-electron chi connectivity index (χ4n) is 2.13. The monoisotopic (exact) mass is 367 g/mol. The highest BCUT2D eigenvalue weighted by Crippen LogP contribution is 2.33. The lowest BCUT2D eigenvalue weighted by molar-refractivity contribution is -0.138. The van der Waals surface area contributed by atoms with Crippen molar-refractivity contribution in [3.8, 4) is 0 Å². The Labute approximate surface area is 139 Å². The van der Waals surface area contributed by atoms with Crippen molar-refractivity contribution in [2.75, 3.05) is 13.7 Å². The molecule has 0 radical (unpaired) electrons. The summed E-state index contributed by atoms with van der Waals surface area (Å²) in [6.07, 6.45) is -3.98. The Kier molecular flexibility index (Phi) is 6.79. The molecule has 0 saturated heterocycles. The van der Waals surface area contributed by atoms with Crippen LogP contribution in [-0.4, -0.2) is 28.0 Å². The molecule has 0 fully saturated rings. The van der Waals surface area contributed by atoms with Crippen LogP contribution in [0.4, 0.5) is 13.2 Å². The minimum atomic E-state index is -4.68. The highest BCUT2D eigenvalue weighted by Gasteiger charge is 2.34. The highest BCUT2D eigenvalue weighted by atomic mass is 32.2. The van der Waals surface area contributed by atoms with Gasteiger partial charge < -0.3 is 4.74 Å². The van der Waals surface area contributed by atoms with Crippen molar-refractivity contribution >= 4 is 15.9 Å². The second-order valence-electron chi connectivity index (χ2n) is 5.33. The molecule has 9 heteroatoms. The van der Waals surface area contributed by atoms with E-state index in [-0.39, 0.29) is 12.2 Å². The van der Waals surface area contributed by atoms with Crippen molar-refractivity contribution in [1.29, 1.82) is 0 Å². The summed E-state index contributed by atoms with van der Waals surface area (Å²) in [5, 5.41) is 0. The van der Waals surface area contributed by atoms with Crippen molar-refractivity contribution in [2.24, 2.45) is 5.92 Å². The van der Waals surface area contributed by atoms with Gasteiger partial charge in [-0.2, -0.15) is 13.2 Å². The van der Waals surface area contributed by atoms with Crippen LogP contribution in [0.15, 0.2) is 23.1 Å². The summed E-state index contributed by atoms with van der Waals surface area (Å²) in [5.74, 6) is -1.36. The van der Waals surface area contributed by atoms with Crippen LogP contribution >= 0.6 is 0 Å². The number of alkyl halides is 3. The van der Waals surface area contributed by atoms with E-state index in [1.54, 1.807) is 6.92 Å². The smallest absolute Gasteiger partial charge is 0.385 e. The predicted molar refractivity (Wildman–Crippen MR) is 81.8 cm³/mol. The summed E-state index contributed by atoms with van der Waals surface area (Å²) in [4.78, 5) is 11.4. The normalized spacial score (nSPS) is 13.6. The minimum absolute atomic E-state index is 0.0979. The number of hydrogen-bond acceptors (Lipinski definition) is 4. The van der Waals surface area contributed by atoms with E-state index in [1.807, 2.05) is 4.72 Å². The summed E-state index contributed by atoms with van der Waals surface area (Å²) < 4.78 is 69.8. The molecule has 0 bridgehead atoms. The number of amides is 1. The topological polar surface area (TPSA) is 72.5 Å². The number of aryl methyl sites for hydroxylation is 1. The number of hydrogen-bond donors (Lipinski definition) is 1. The molecule has 1 unspecified atom stereocenters. The zero-order valence-corrected chi connectivity index (χ0v) is 14.4. The summed E-state index contributed by atoms with van der Waals surface area (Å²) in [5.41, 5.74) is -1.15. The zero-order valence-electron chi connectivity index (χ0n) is 13.6. The summed E-state index contributed by atoms with van der Waals surface area (Å²) in [6, 6.07) is 2.63. The van der Waals surface area contributed by atoms with Gasteiger partial charge in [0.05, 0.1) is 10.5 Å². The van der Waals surface area contributed by atoms with Crippen molar-refractivity contribution < 1.29 is 31.1 Å². The molecule has 136 valence electrons. The SMILES string of the molecule is CCC(CCOC)C(=O)NS(=O)(=O)c1ccc(C)c(C(F)(F)F)c1. The molecule has 0 heterocycles. The Bertz CT molecular complexity index is 686. The van der Waals surface area contributed by atoms with E-state index in [9.17, 15) is 26.4 Å². The van der Waals surface area contributed by atoms with Gasteiger partial charge in [0.15, 0.2) is 0 Å². The first-order chi connectivity index (χ1) is 11.0. The molecule has 1 atom stereocenters. The molecule has 0 saturated carbocycles. The van der Waals surface area contributed by atoms with Crippen molar-refractivity contribution in [1.82, 2.24) is 4.72 Å². The summed E-state index contributed by atoms with van der Waals surface area (Å²) >= 11 is 0. The van der Waals surface area contributed by atoms with Gasteiger partial charge in [0, 0.05) is 19.6 Å². The molecule has 1 aromatic carbocycles. The molecule has 0 aliphatic carbocycles. The third-order valence-corrected chi connectivity index (χ3v) is 4.94. The Hall–Kier alpha value is -1.61. The molecule has 1 amide bonds. The van der Waals surface area contributed by atoms with Crippen LogP contribution in [0.2, 0.25) is 0 Å². The van der Waals surface area contributed by atoms with Gasteiger partial charge >= 0.3 is 6.18 Å². The minimum Gasteiger partial charge on any atom is -0.385 e. The Morgan fingerprint density at radius 1 is 1.33 bits per heavy atom. The van der Waals surface area contributed by atoms with Gasteiger partial charge in [0.1, 0.15) is 0 Å². The first-order valence-corrected chi connectivity index (χ1v) is 8.74. The predicted octanol–water partition coefficient (Wildman–Crippen LogP) is 2.88.